The zero-order valence-corrected chi connectivity index (χ0v) is 15.8. The van der Waals surface area contributed by atoms with E-state index in [1.165, 1.54) is 5.56 Å². The van der Waals surface area contributed by atoms with Crippen LogP contribution in [0, 0.1) is 6.92 Å². The van der Waals surface area contributed by atoms with E-state index in [9.17, 15) is 4.79 Å². The van der Waals surface area contributed by atoms with Gasteiger partial charge in [-0.05, 0) is 35.7 Å². The highest BCUT2D eigenvalue weighted by atomic mass is 16.5. The van der Waals surface area contributed by atoms with E-state index < -0.39 is 0 Å². The molecule has 0 N–H and O–H groups in total. The highest BCUT2D eigenvalue weighted by Gasteiger charge is 2.23. The summed E-state index contributed by atoms with van der Waals surface area (Å²) in [5.41, 5.74) is 4.00. The number of pyridine rings is 1. The molecule has 142 valence electrons. The molecule has 4 rings (SSSR count). The molecule has 0 spiro atoms. The van der Waals surface area contributed by atoms with Crippen LogP contribution in [0.3, 0.4) is 0 Å². The average molecular weight is 374 g/mol. The second kappa shape index (κ2) is 8.13. The molecule has 0 bridgehead atoms. The van der Waals surface area contributed by atoms with Gasteiger partial charge in [0.15, 0.2) is 0 Å². The highest BCUT2D eigenvalue weighted by molar-refractivity contribution is 5.96. The van der Waals surface area contributed by atoms with E-state index in [1.807, 2.05) is 36.4 Å². The van der Waals surface area contributed by atoms with Gasteiger partial charge in [0.25, 0.3) is 0 Å². The van der Waals surface area contributed by atoms with Crippen molar-refractivity contribution >= 4 is 11.6 Å². The van der Waals surface area contributed by atoms with Gasteiger partial charge < -0.3 is 14.4 Å². The van der Waals surface area contributed by atoms with Gasteiger partial charge in [0, 0.05) is 12.3 Å². The van der Waals surface area contributed by atoms with Crippen molar-refractivity contribution in [2.75, 3.05) is 18.1 Å². The summed E-state index contributed by atoms with van der Waals surface area (Å²) in [4.78, 5) is 18.7. The normalized spacial score (nSPS) is 12.8. The lowest BCUT2D eigenvalue weighted by atomic mass is 10.1. The van der Waals surface area contributed by atoms with Crippen LogP contribution in [0.25, 0.3) is 0 Å². The predicted octanol–water partition coefficient (Wildman–Crippen LogP) is 3.94. The first-order chi connectivity index (χ1) is 13.7. The van der Waals surface area contributed by atoms with E-state index in [2.05, 4.69) is 24.0 Å². The summed E-state index contributed by atoms with van der Waals surface area (Å²) >= 11 is 0. The van der Waals surface area contributed by atoms with Crippen LogP contribution in [0.2, 0.25) is 0 Å². The molecule has 0 fully saturated rings. The van der Waals surface area contributed by atoms with Gasteiger partial charge in [-0.15, -0.1) is 0 Å². The number of carbonyl (C=O) groups excluding carboxylic acids is 1. The topological polar surface area (TPSA) is 51.7 Å². The maximum absolute atomic E-state index is 12.9. The monoisotopic (exact) mass is 374 g/mol. The van der Waals surface area contributed by atoms with Gasteiger partial charge in [-0.1, -0.05) is 36.4 Å². The predicted molar refractivity (Wildman–Crippen MR) is 108 cm³/mol. The lowest BCUT2D eigenvalue weighted by Crippen LogP contribution is -2.38. The lowest BCUT2D eigenvalue weighted by Gasteiger charge is -2.29. The summed E-state index contributed by atoms with van der Waals surface area (Å²) in [6, 6.07) is 17.7. The van der Waals surface area contributed by atoms with Crippen LogP contribution in [0.4, 0.5) is 5.69 Å². The van der Waals surface area contributed by atoms with Crippen LogP contribution in [-0.4, -0.2) is 24.0 Å². The number of anilines is 1. The van der Waals surface area contributed by atoms with Gasteiger partial charge in [-0.25, -0.2) is 0 Å². The fraction of sp³-hybridized carbons (Fsp3) is 0.217. The molecule has 2 aromatic carbocycles. The lowest BCUT2D eigenvalue weighted by molar-refractivity contribution is -0.118. The summed E-state index contributed by atoms with van der Waals surface area (Å²) in [5, 5.41) is 0. The Hall–Kier alpha value is -3.34. The van der Waals surface area contributed by atoms with Crippen molar-refractivity contribution in [1.29, 1.82) is 0 Å². The largest absolute Gasteiger partial charge is 0.489 e. The Morgan fingerprint density at radius 1 is 1.18 bits per heavy atom. The number of rotatable bonds is 5. The van der Waals surface area contributed by atoms with Crippen molar-refractivity contribution < 1.29 is 14.3 Å². The third-order valence-electron chi connectivity index (χ3n) is 4.83. The molecule has 2 heterocycles. The van der Waals surface area contributed by atoms with Gasteiger partial charge in [0.1, 0.15) is 30.4 Å². The van der Waals surface area contributed by atoms with Crippen molar-refractivity contribution in [3.05, 3.63) is 83.7 Å². The van der Waals surface area contributed by atoms with E-state index in [4.69, 9.17) is 9.47 Å². The van der Waals surface area contributed by atoms with E-state index in [0.29, 0.717) is 31.9 Å². The van der Waals surface area contributed by atoms with E-state index >= 15 is 0 Å². The molecule has 3 aromatic rings. The first kappa shape index (κ1) is 18.0. The van der Waals surface area contributed by atoms with E-state index in [-0.39, 0.29) is 5.91 Å². The molecule has 1 amide bonds. The number of aromatic nitrogens is 1. The van der Waals surface area contributed by atoms with E-state index in [1.54, 1.807) is 23.4 Å². The van der Waals surface area contributed by atoms with Crippen molar-refractivity contribution in [3.63, 3.8) is 0 Å². The molecule has 0 radical (unpaired) electrons. The summed E-state index contributed by atoms with van der Waals surface area (Å²) in [6.07, 6.45) is 3.64. The number of aryl methyl sites for hydroxylation is 1. The van der Waals surface area contributed by atoms with Gasteiger partial charge in [-0.2, -0.15) is 0 Å². The number of hydrogen-bond donors (Lipinski definition) is 0. The fourth-order valence-corrected chi connectivity index (χ4v) is 3.27. The first-order valence-electron chi connectivity index (χ1n) is 9.34. The molecule has 0 atom stereocenters. The van der Waals surface area contributed by atoms with Crippen molar-refractivity contribution in [3.8, 4) is 11.5 Å². The zero-order chi connectivity index (χ0) is 19.3. The van der Waals surface area contributed by atoms with Crippen molar-refractivity contribution in [1.82, 2.24) is 4.98 Å². The SMILES string of the molecule is Cc1ccccc1COc1cccc(CC(=O)N2CCOc3ccncc32)c1. The number of benzene rings is 2. The van der Waals surface area contributed by atoms with E-state index in [0.717, 1.165) is 22.6 Å². The fourth-order valence-electron chi connectivity index (χ4n) is 3.27. The quantitative estimate of drug-likeness (QED) is 0.679. The number of fused-ring (bicyclic) bond motifs is 1. The molecule has 0 saturated carbocycles. The van der Waals surface area contributed by atoms with Crippen LogP contribution in [0.1, 0.15) is 16.7 Å². The third kappa shape index (κ3) is 3.98. The maximum atomic E-state index is 12.9. The minimum atomic E-state index is 0.0219. The Labute approximate surface area is 164 Å². The molecule has 5 heteroatoms. The van der Waals surface area contributed by atoms with Crippen LogP contribution in [0.15, 0.2) is 67.0 Å². The molecule has 0 unspecified atom stereocenters. The third-order valence-corrected chi connectivity index (χ3v) is 4.83. The Balaban J connectivity index is 1.44. The Bertz CT molecular complexity index is 987. The number of amides is 1. The number of hydrogen-bond acceptors (Lipinski definition) is 4. The molecule has 28 heavy (non-hydrogen) atoms. The Morgan fingerprint density at radius 3 is 2.96 bits per heavy atom. The molecule has 0 saturated heterocycles. The molecular formula is C23H22N2O3. The maximum Gasteiger partial charge on any atom is 0.231 e. The Kier molecular flexibility index (Phi) is 5.24. The number of nitrogens with zero attached hydrogens (tertiary/aromatic N) is 2. The second-order valence-electron chi connectivity index (χ2n) is 6.78. The molecule has 0 aliphatic carbocycles. The Morgan fingerprint density at radius 2 is 2.07 bits per heavy atom. The molecule has 1 aliphatic heterocycles. The van der Waals surface area contributed by atoms with Crippen LogP contribution in [-0.2, 0) is 17.8 Å². The van der Waals surface area contributed by atoms with Crippen LogP contribution >= 0.6 is 0 Å². The average Bonchev–Trinajstić information content (AvgIpc) is 2.73. The molecule has 1 aromatic heterocycles. The zero-order valence-electron chi connectivity index (χ0n) is 15.8. The highest BCUT2D eigenvalue weighted by Crippen LogP contribution is 2.30. The second-order valence-corrected chi connectivity index (χ2v) is 6.78. The smallest absolute Gasteiger partial charge is 0.231 e. The molecule has 1 aliphatic rings. The van der Waals surface area contributed by atoms with Crippen LogP contribution < -0.4 is 14.4 Å². The van der Waals surface area contributed by atoms with Crippen molar-refractivity contribution in [2.24, 2.45) is 0 Å². The summed E-state index contributed by atoms with van der Waals surface area (Å²) in [6.45, 7) is 3.60. The van der Waals surface area contributed by atoms with Crippen molar-refractivity contribution in [2.45, 2.75) is 20.0 Å². The number of carbonyl (C=O) groups is 1. The van der Waals surface area contributed by atoms with Gasteiger partial charge in [-0.3, -0.25) is 9.78 Å². The molecule has 5 nitrogen and oxygen atoms in total. The summed E-state index contributed by atoms with van der Waals surface area (Å²) in [5.74, 6) is 1.48. The number of ether oxygens (including phenoxy) is 2. The van der Waals surface area contributed by atoms with Crippen LogP contribution in [0.5, 0.6) is 11.5 Å². The molecular weight excluding hydrogens is 352 g/mol. The van der Waals surface area contributed by atoms with Gasteiger partial charge in [0.05, 0.1) is 19.2 Å². The first-order valence-corrected chi connectivity index (χ1v) is 9.34. The summed E-state index contributed by atoms with van der Waals surface area (Å²) < 4.78 is 11.5. The standard InChI is InChI=1S/C23H22N2O3/c1-17-5-2-3-7-19(17)16-28-20-8-4-6-18(13-20)14-23(26)25-11-12-27-22-9-10-24-15-21(22)25/h2-10,13,15H,11-12,14,16H2,1H3. The van der Waals surface area contributed by atoms with Gasteiger partial charge >= 0.3 is 0 Å². The summed E-state index contributed by atoms with van der Waals surface area (Å²) in [7, 11) is 0. The minimum absolute atomic E-state index is 0.0219. The minimum Gasteiger partial charge on any atom is -0.489 e. The van der Waals surface area contributed by atoms with Gasteiger partial charge in [0.2, 0.25) is 5.91 Å².